The molecule has 0 saturated carbocycles. The van der Waals surface area contributed by atoms with E-state index >= 15 is 0 Å². The van der Waals surface area contributed by atoms with E-state index in [0.29, 0.717) is 11.8 Å². The van der Waals surface area contributed by atoms with E-state index < -0.39 is 37.7 Å². The maximum Gasteiger partial charge on any atom is 0.243 e. The van der Waals surface area contributed by atoms with Crippen molar-refractivity contribution < 1.29 is 30.4 Å². The second kappa shape index (κ2) is 8.34. The summed E-state index contributed by atoms with van der Waals surface area (Å²) in [4.78, 5) is -0.260. The molecule has 1 aliphatic heterocycles. The van der Waals surface area contributed by atoms with Gasteiger partial charge in [0.2, 0.25) is 20.0 Å². The Balaban J connectivity index is 1.65. The van der Waals surface area contributed by atoms with E-state index in [0.717, 1.165) is 12.1 Å². The molecule has 1 heterocycles. The Morgan fingerprint density at radius 3 is 2.07 bits per heavy atom. The van der Waals surface area contributed by atoms with Crippen LogP contribution in [0.15, 0.2) is 52.3 Å². The number of ether oxygens (including phenoxy) is 1. The molecule has 0 amide bonds. The third-order valence-electron chi connectivity index (χ3n) is 4.67. The number of piperidine rings is 1. The van der Waals surface area contributed by atoms with Crippen molar-refractivity contribution in [2.75, 3.05) is 20.2 Å². The lowest BCUT2D eigenvalue weighted by Gasteiger charge is -2.31. The largest absolute Gasteiger partial charge is 0.497 e. The van der Waals surface area contributed by atoms with E-state index in [1.165, 1.54) is 23.5 Å². The van der Waals surface area contributed by atoms with Gasteiger partial charge in [0, 0.05) is 19.1 Å². The summed E-state index contributed by atoms with van der Waals surface area (Å²) in [7, 11) is -6.28. The number of benzene rings is 2. The molecule has 0 bridgehead atoms. The van der Waals surface area contributed by atoms with Crippen LogP contribution < -0.4 is 9.46 Å². The van der Waals surface area contributed by atoms with Gasteiger partial charge in [-0.1, -0.05) is 0 Å². The topological polar surface area (TPSA) is 92.8 Å². The van der Waals surface area contributed by atoms with Crippen LogP contribution >= 0.6 is 0 Å². The molecule has 7 nitrogen and oxygen atoms in total. The summed E-state index contributed by atoms with van der Waals surface area (Å²) in [6.07, 6.45) is 0.497. The molecule has 1 saturated heterocycles. The highest BCUT2D eigenvalue weighted by atomic mass is 32.2. The summed E-state index contributed by atoms with van der Waals surface area (Å²) in [5, 5.41) is 0. The van der Waals surface area contributed by atoms with Crippen LogP contribution in [0.5, 0.6) is 5.75 Å². The van der Waals surface area contributed by atoms with E-state index in [-0.39, 0.29) is 35.7 Å². The molecule has 2 aromatic rings. The molecule has 0 unspecified atom stereocenters. The van der Waals surface area contributed by atoms with Crippen molar-refractivity contribution in [3.63, 3.8) is 0 Å². The Morgan fingerprint density at radius 1 is 0.931 bits per heavy atom. The maximum atomic E-state index is 13.3. The highest BCUT2D eigenvalue weighted by Gasteiger charge is 2.31. The third-order valence-corrected chi connectivity index (χ3v) is 8.11. The predicted octanol–water partition coefficient (Wildman–Crippen LogP) is 2.10. The summed E-state index contributed by atoms with van der Waals surface area (Å²) in [6, 6.07) is 7.82. The van der Waals surface area contributed by atoms with Crippen molar-refractivity contribution in [3.05, 3.63) is 54.1 Å². The van der Waals surface area contributed by atoms with E-state index in [1.54, 1.807) is 12.1 Å². The first-order valence-electron chi connectivity index (χ1n) is 8.75. The first kappa shape index (κ1) is 21.6. The van der Waals surface area contributed by atoms with Crippen molar-refractivity contribution in [2.45, 2.75) is 28.7 Å². The first-order valence-corrected chi connectivity index (χ1v) is 11.7. The molecule has 1 N–H and O–H groups in total. The van der Waals surface area contributed by atoms with Gasteiger partial charge in [-0.05, 0) is 55.3 Å². The number of halogens is 2. The van der Waals surface area contributed by atoms with Crippen LogP contribution in [0.3, 0.4) is 0 Å². The van der Waals surface area contributed by atoms with Crippen LogP contribution in [-0.4, -0.2) is 47.4 Å². The lowest BCUT2D eigenvalue weighted by Crippen LogP contribution is -2.46. The van der Waals surface area contributed by atoms with Gasteiger partial charge in [0.25, 0.3) is 0 Å². The Bertz CT molecular complexity index is 1080. The standard InChI is InChI=1S/C18H20F2N2O5S2/c1-27-14-2-4-15(5-3-14)29(25,26)22-10-8-13(9-11-22)21-28(23,24)16-6-7-17(19)18(20)12-16/h2-7,12-13,21H,8-11H2,1H3. The van der Waals surface area contributed by atoms with Gasteiger partial charge in [-0.3, -0.25) is 0 Å². The van der Waals surface area contributed by atoms with Crippen molar-refractivity contribution in [1.82, 2.24) is 9.03 Å². The van der Waals surface area contributed by atoms with Crippen molar-refractivity contribution in [1.29, 1.82) is 0 Å². The number of sulfonamides is 2. The molecule has 1 fully saturated rings. The lowest BCUT2D eigenvalue weighted by atomic mass is 10.1. The number of rotatable bonds is 6. The average molecular weight is 446 g/mol. The molecule has 0 aliphatic carbocycles. The molecule has 29 heavy (non-hydrogen) atoms. The Labute approximate surface area is 168 Å². The minimum absolute atomic E-state index is 0.124. The van der Waals surface area contributed by atoms with Crippen LogP contribution in [0, 0.1) is 11.6 Å². The second-order valence-electron chi connectivity index (χ2n) is 6.55. The quantitative estimate of drug-likeness (QED) is 0.734. The van der Waals surface area contributed by atoms with Gasteiger partial charge in [0.05, 0.1) is 16.9 Å². The van der Waals surface area contributed by atoms with E-state index in [2.05, 4.69) is 4.72 Å². The Kier molecular flexibility index (Phi) is 6.22. The van der Waals surface area contributed by atoms with Crippen molar-refractivity contribution in [3.8, 4) is 5.75 Å². The maximum absolute atomic E-state index is 13.3. The van der Waals surface area contributed by atoms with Crippen LogP contribution in [0.25, 0.3) is 0 Å². The summed E-state index contributed by atoms with van der Waals surface area (Å²) < 4.78 is 85.3. The smallest absolute Gasteiger partial charge is 0.243 e. The monoisotopic (exact) mass is 446 g/mol. The average Bonchev–Trinajstić information content (AvgIpc) is 2.70. The van der Waals surface area contributed by atoms with E-state index in [1.807, 2.05) is 0 Å². The number of nitrogens with one attached hydrogen (secondary N) is 1. The SMILES string of the molecule is COc1ccc(S(=O)(=O)N2CCC(NS(=O)(=O)c3ccc(F)c(F)c3)CC2)cc1. The molecule has 11 heteroatoms. The predicted molar refractivity (Wildman–Crippen MR) is 101 cm³/mol. The highest BCUT2D eigenvalue weighted by Crippen LogP contribution is 2.24. The van der Waals surface area contributed by atoms with Crippen LogP contribution in [0.4, 0.5) is 8.78 Å². The normalized spacial score (nSPS) is 16.7. The minimum Gasteiger partial charge on any atom is -0.497 e. The van der Waals surface area contributed by atoms with Gasteiger partial charge in [0.1, 0.15) is 5.75 Å². The zero-order chi connectivity index (χ0) is 21.2. The summed E-state index contributed by atoms with van der Waals surface area (Å²) >= 11 is 0. The van der Waals surface area contributed by atoms with Gasteiger partial charge in [-0.25, -0.2) is 30.3 Å². The Hall–Kier alpha value is -2.08. The first-order chi connectivity index (χ1) is 13.6. The fourth-order valence-corrected chi connectivity index (χ4v) is 5.83. The van der Waals surface area contributed by atoms with Crippen LogP contribution in [0.1, 0.15) is 12.8 Å². The van der Waals surface area contributed by atoms with Crippen molar-refractivity contribution in [2.24, 2.45) is 0 Å². The molecule has 158 valence electrons. The number of methoxy groups -OCH3 is 1. The zero-order valence-corrected chi connectivity index (χ0v) is 17.1. The van der Waals surface area contributed by atoms with Gasteiger partial charge in [-0.15, -0.1) is 0 Å². The Morgan fingerprint density at radius 2 is 1.52 bits per heavy atom. The molecular formula is C18H20F2N2O5S2. The van der Waals surface area contributed by atoms with Crippen LogP contribution in [-0.2, 0) is 20.0 Å². The molecular weight excluding hydrogens is 426 g/mol. The summed E-state index contributed by atoms with van der Waals surface area (Å²) in [5.74, 6) is -1.86. The molecule has 0 spiro atoms. The summed E-state index contributed by atoms with van der Waals surface area (Å²) in [6.45, 7) is 0.249. The fraction of sp³-hybridized carbons (Fsp3) is 0.333. The van der Waals surface area contributed by atoms with E-state index in [9.17, 15) is 25.6 Å². The van der Waals surface area contributed by atoms with Crippen molar-refractivity contribution >= 4 is 20.0 Å². The fourth-order valence-electron chi connectivity index (χ4n) is 3.04. The van der Waals surface area contributed by atoms with Crippen LogP contribution in [0.2, 0.25) is 0 Å². The number of hydrogen-bond acceptors (Lipinski definition) is 5. The third kappa shape index (κ3) is 4.74. The molecule has 2 aromatic carbocycles. The molecule has 0 atom stereocenters. The van der Waals surface area contributed by atoms with Gasteiger partial charge < -0.3 is 4.74 Å². The number of nitrogens with zero attached hydrogens (tertiary/aromatic N) is 1. The van der Waals surface area contributed by atoms with Gasteiger partial charge in [0.15, 0.2) is 11.6 Å². The second-order valence-corrected chi connectivity index (χ2v) is 10.2. The van der Waals surface area contributed by atoms with Gasteiger partial charge >= 0.3 is 0 Å². The molecule has 1 aliphatic rings. The summed E-state index contributed by atoms with van der Waals surface area (Å²) in [5.41, 5.74) is 0. The minimum atomic E-state index is -4.05. The molecule has 0 radical (unpaired) electrons. The zero-order valence-electron chi connectivity index (χ0n) is 15.5. The lowest BCUT2D eigenvalue weighted by molar-refractivity contribution is 0.308. The number of hydrogen-bond donors (Lipinski definition) is 1. The molecule has 3 rings (SSSR count). The van der Waals surface area contributed by atoms with E-state index in [4.69, 9.17) is 4.74 Å². The highest BCUT2D eigenvalue weighted by molar-refractivity contribution is 7.89. The molecule has 0 aromatic heterocycles. The van der Waals surface area contributed by atoms with Gasteiger partial charge in [-0.2, -0.15) is 4.31 Å².